The number of nitrogens with zero attached hydrogens (tertiary/aromatic N) is 4. The van der Waals surface area contributed by atoms with E-state index in [0.29, 0.717) is 5.95 Å². The van der Waals surface area contributed by atoms with Crippen LogP contribution in [-0.4, -0.2) is 19.5 Å². The Bertz CT molecular complexity index is 3040. The minimum absolute atomic E-state index is 0.123. The number of para-hydroxylation sites is 1. The van der Waals surface area contributed by atoms with Crippen molar-refractivity contribution in [1.29, 1.82) is 0 Å². The van der Waals surface area contributed by atoms with Gasteiger partial charge < -0.3 is 0 Å². The topological polar surface area (TPSA) is 43.6 Å². The van der Waals surface area contributed by atoms with Crippen molar-refractivity contribution in [3.8, 4) is 28.3 Å². The van der Waals surface area contributed by atoms with Crippen LogP contribution < -0.4 is 0 Å². The van der Waals surface area contributed by atoms with Crippen LogP contribution in [0.5, 0.6) is 0 Å². The van der Waals surface area contributed by atoms with Gasteiger partial charge in [0.15, 0.2) is 0 Å². The third-order valence-corrected chi connectivity index (χ3v) is 11.8. The summed E-state index contributed by atoms with van der Waals surface area (Å²) in [4.78, 5) is 15.6. The fourth-order valence-electron chi connectivity index (χ4n) is 8.44. The van der Waals surface area contributed by atoms with Crippen LogP contribution in [0.4, 0.5) is 0 Å². The van der Waals surface area contributed by atoms with Gasteiger partial charge in [-0.3, -0.25) is 9.55 Å². The second kappa shape index (κ2) is 9.59. The van der Waals surface area contributed by atoms with Gasteiger partial charge in [0, 0.05) is 43.4 Å². The molecule has 0 bridgehead atoms. The minimum Gasteiger partial charge on any atom is -0.276 e. The molecule has 6 aromatic carbocycles. The van der Waals surface area contributed by atoms with Crippen molar-refractivity contribution in [1.82, 2.24) is 19.5 Å². The largest absolute Gasteiger partial charge is 0.276 e. The lowest BCUT2D eigenvalue weighted by atomic mass is 9.82. The number of pyridine rings is 1. The Morgan fingerprint density at radius 3 is 2.20 bits per heavy atom. The first-order valence-electron chi connectivity index (χ1n) is 16.7. The third-order valence-electron chi connectivity index (χ3n) is 10.7. The molecule has 11 rings (SSSR count). The molecule has 4 aromatic heterocycles. The van der Waals surface area contributed by atoms with Crippen LogP contribution in [0.3, 0.4) is 0 Å². The lowest BCUT2D eigenvalue weighted by Crippen LogP contribution is -2.15. The molecule has 0 fully saturated rings. The Labute approximate surface area is 286 Å². The molecule has 0 radical (unpaired) electrons. The van der Waals surface area contributed by atoms with Crippen molar-refractivity contribution < 1.29 is 0 Å². The predicted octanol–water partition coefficient (Wildman–Crippen LogP) is 11.6. The quantitative estimate of drug-likeness (QED) is 0.188. The fourth-order valence-corrected chi connectivity index (χ4v) is 9.70. The number of benzene rings is 6. The molecule has 0 amide bonds. The molecule has 0 aliphatic heterocycles. The van der Waals surface area contributed by atoms with Crippen LogP contribution in [0.2, 0.25) is 0 Å². The van der Waals surface area contributed by atoms with Crippen LogP contribution in [0.1, 0.15) is 25.0 Å². The molecule has 0 unspecified atom stereocenters. The zero-order chi connectivity index (χ0) is 32.4. The van der Waals surface area contributed by atoms with E-state index >= 15 is 0 Å². The maximum absolute atomic E-state index is 5.47. The Hall–Kier alpha value is -5.91. The van der Waals surface area contributed by atoms with Crippen LogP contribution in [0.25, 0.3) is 92.1 Å². The lowest BCUT2D eigenvalue weighted by Gasteiger charge is -2.22. The minimum atomic E-state index is -0.123. The molecule has 10 aromatic rings. The average Bonchev–Trinajstić information content (AvgIpc) is 3.78. The van der Waals surface area contributed by atoms with Gasteiger partial charge in [0.2, 0.25) is 5.95 Å². The summed E-state index contributed by atoms with van der Waals surface area (Å²) < 4.78 is 4.83. The molecule has 1 aliphatic carbocycles. The molecule has 4 heterocycles. The Morgan fingerprint density at radius 2 is 1.33 bits per heavy atom. The molecule has 0 saturated carbocycles. The summed E-state index contributed by atoms with van der Waals surface area (Å²) in [5, 5.41) is 7.52. The Balaban J connectivity index is 1.27. The second-order valence-corrected chi connectivity index (χ2v) is 14.7. The van der Waals surface area contributed by atoms with Gasteiger partial charge in [-0.15, -0.1) is 11.3 Å². The van der Waals surface area contributed by atoms with Crippen molar-refractivity contribution in [3.05, 3.63) is 145 Å². The molecule has 4 nitrogen and oxygen atoms in total. The van der Waals surface area contributed by atoms with E-state index in [4.69, 9.17) is 15.0 Å². The number of rotatable bonds is 2. The molecule has 0 N–H and O–H groups in total. The first kappa shape index (κ1) is 27.1. The number of aromatic nitrogens is 4. The van der Waals surface area contributed by atoms with E-state index in [1.165, 1.54) is 64.0 Å². The van der Waals surface area contributed by atoms with Crippen molar-refractivity contribution in [2.24, 2.45) is 0 Å². The number of thiophene rings is 1. The van der Waals surface area contributed by atoms with E-state index in [1.807, 2.05) is 23.6 Å². The highest BCUT2D eigenvalue weighted by molar-refractivity contribution is 7.27. The van der Waals surface area contributed by atoms with Crippen molar-refractivity contribution in [3.63, 3.8) is 0 Å². The third kappa shape index (κ3) is 3.55. The van der Waals surface area contributed by atoms with E-state index < -0.39 is 0 Å². The molecule has 0 saturated heterocycles. The summed E-state index contributed by atoms with van der Waals surface area (Å²) in [6, 6.07) is 45.9. The summed E-state index contributed by atoms with van der Waals surface area (Å²) in [5.41, 5.74) is 10.9. The summed E-state index contributed by atoms with van der Waals surface area (Å²) in [6.07, 6.45) is 1.84. The van der Waals surface area contributed by atoms with Gasteiger partial charge in [-0.2, -0.15) is 0 Å². The zero-order valence-corrected chi connectivity index (χ0v) is 27.7. The smallest absolute Gasteiger partial charge is 0.235 e. The maximum atomic E-state index is 5.47. The first-order valence-corrected chi connectivity index (χ1v) is 17.5. The molecular weight excluding hydrogens is 617 g/mol. The van der Waals surface area contributed by atoms with E-state index in [1.54, 1.807) is 0 Å². The van der Waals surface area contributed by atoms with Gasteiger partial charge >= 0.3 is 0 Å². The van der Waals surface area contributed by atoms with E-state index in [2.05, 4.69) is 140 Å². The fraction of sp³-hybridized carbons (Fsp3) is 0.0682. The van der Waals surface area contributed by atoms with Gasteiger partial charge in [-0.25, -0.2) is 9.97 Å². The second-order valence-electron chi connectivity index (χ2n) is 13.6. The lowest BCUT2D eigenvalue weighted by molar-refractivity contribution is 0.660. The molecule has 0 atom stereocenters. The van der Waals surface area contributed by atoms with Crippen molar-refractivity contribution >= 4 is 75.1 Å². The maximum Gasteiger partial charge on any atom is 0.235 e. The Morgan fingerprint density at radius 1 is 0.612 bits per heavy atom. The van der Waals surface area contributed by atoms with E-state index in [-0.39, 0.29) is 5.41 Å². The molecule has 49 heavy (non-hydrogen) atoms. The van der Waals surface area contributed by atoms with Crippen LogP contribution in [0, 0.1) is 0 Å². The molecule has 230 valence electrons. The highest BCUT2D eigenvalue weighted by atomic mass is 32.1. The summed E-state index contributed by atoms with van der Waals surface area (Å²) >= 11 is 1.85. The van der Waals surface area contributed by atoms with Crippen LogP contribution >= 0.6 is 11.3 Å². The van der Waals surface area contributed by atoms with Crippen molar-refractivity contribution in [2.45, 2.75) is 19.3 Å². The SMILES string of the molecule is CC1(C)c2ccccc2-c2ccc(-c3nc(-n4c5ccccc5c5c6ccccc6c6c7ccccc7sc6c54)nc4cccnc34)cc21. The normalized spacial score (nSPS) is 13.7. The Kier molecular flexibility index (Phi) is 5.30. The summed E-state index contributed by atoms with van der Waals surface area (Å²) in [6.45, 7) is 4.64. The summed E-state index contributed by atoms with van der Waals surface area (Å²) in [5.74, 6) is 0.652. The monoisotopic (exact) mass is 644 g/mol. The van der Waals surface area contributed by atoms with Gasteiger partial charge in [-0.05, 0) is 63.4 Å². The predicted molar refractivity (Wildman–Crippen MR) is 205 cm³/mol. The van der Waals surface area contributed by atoms with Crippen LogP contribution in [0.15, 0.2) is 134 Å². The number of fused-ring (bicyclic) bond motifs is 14. The van der Waals surface area contributed by atoms with Crippen molar-refractivity contribution in [2.75, 3.05) is 0 Å². The zero-order valence-electron chi connectivity index (χ0n) is 26.9. The highest BCUT2D eigenvalue weighted by Crippen LogP contribution is 2.50. The molecule has 5 heteroatoms. The van der Waals surface area contributed by atoms with Gasteiger partial charge in [0.05, 0.1) is 21.3 Å². The number of hydrogen-bond donors (Lipinski definition) is 0. The van der Waals surface area contributed by atoms with Gasteiger partial charge in [0.1, 0.15) is 11.2 Å². The number of hydrogen-bond acceptors (Lipinski definition) is 4. The highest BCUT2D eigenvalue weighted by Gasteiger charge is 2.35. The van der Waals surface area contributed by atoms with E-state index in [0.717, 1.165) is 33.3 Å². The molecular formula is C44H28N4S. The average molecular weight is 645 g/mol. The molecule has 0 spiro atoms. The van der Waals surface area contributed by atoms with Gasteiger partial charge in [-0.1, -0.05) is 111 Å². The standard InChI is InChI=1S/C44H28N4S/c1-44(2)32-17-8-5-12-26(32)27-22-21-25(24-33(27)44)39-40-34(18-11-23-45-40)46-43(47-39)48-35-19-9-6-15-30(35)37-28-13-3-4-14-29(28)38-31-16-7-10-20-36(31)49-42(38)41(37)48/h3-24H,1-2H3. The van der Waals surface area contributed by atoms with Gasteiger partial charge in [0.25, 0.3) is 0 Å². The first-order chi connectivity index (χ1) is 24.1. The van der Waals surface area contributed by atoms with Crippen LogP contribution in [-0.2, 0) is 5.41 Å². The molecule has 1 aliphatic rings. The van der Waals surface area contributed by atoms with E-state index in [9.17, 15) is 0 Å². The summed E-state index contributed by atoms with van der Waals surface area (Å²) in [7, 11) is 0.